The average Bonchev–Trinajstić information content (AvgIpc) is 3.31. The van der Waals surface area contributed by atoms with Gasteiger partial charge in [0.25, 0.3) is 17.5 Å². The van der Waals surface area contributed by atoms with Crippen LogP contribution in [0.15, 0.2) is 52.0 Å². The van der Waals surface area contributed by atoms with E-state index in [9.17, 15) is 19.7 Å². The molecule has 2 aromatic rings. The van der Waals surface area contributed by atoms with Crippen LogP contribution in [0.4, 0.5) is 5.69 Å². The highest BCUT2D eigenvalue weighted by molar-refractivity contribution is 6.30. The highest BCUT2D eigenvalue weighted by Crippen LogP contribution is 2.49. The zero-order valence-corrected chi connectivity index (χ0v) is 16.4. The van der Waals surface area contributed by atoms with Crippen LogP contribution in [0.2, 0.25) is 5.02 Å². The molecule has 4 aliphatic rings. The summed E-state index contributed by atoms with van der Waals surface area (Å²) in [6.07, 6.45) is 7.21. The van der Waals surface area contributed by atoms with Gasteiger partial charge in [-0.15, -0.1) is 0 Å². The Morgan fingerprint density at radius 1 is 1.10 bits per heavy atom. The van der Waals surface area contributed by atoms with E-state index < -0.39 is 4.92 Å². The number of imide groups is 1. The molecule has 1 saturated heterocycles. The van der Waals surface area contributed by atoms with E-state index in [1.54, 1.807) is 12.1 Å². The standard InChI is InChI=1S/C21H16ClN3O5/c22-13-5-7-15(16(9-13)25(28)29)17-8-6-14(30-17)10-23-24-20(26)18-11-1-2-12(4-3-11)19(18)21(24)27/h1-2,5-12,18-19H,3-4H2/b23-10-/t11-,12+,18+,19-. The van der Waals surface area contributed by atoms with Gasteiger partial charge < -0.3 is 4.42 Å². The van der Waals surface area contributed by atoms with Gasteiger partial charge in [-0.2, -0.15) is 10.1 Å². The SMILES string of the molecule is O=C1[C@@H]2[C@H](C(=O)N1/N=C\c1ccc(-c3ccc(Cl)cc3[N+](=O)[O-])o1)[C@H]1C=C[C@@H]2CC1. The number of carbonyl (C=O) groups is 2. The number of fused-ring (bicyclic) bond motifs is 1. The Hall–Kier alpha value is -3.26. The molecule has 30 heavy (non-hydrogen) atoms. The number of halogens is 1. The fourth-order valence-electron chi connectivity index (χ4n) is 4.72. The first-order valence-electron chi connectivity index (χ1n) is 9.58. The number of nitro groups is 1. The van der Waals surface area contributed by atoms with Crippen molar-refractivity contribution in [2.24, 2.45) is 28.8 Å². The van der Waals surface area contributed by atoms with Crippen molar-refractivity contribution in [3.8, 4) is 11.3 Å². The summed E-state index contributed by atoms with van der Waals surface area (Å²) < 4.78 is 5.65. The van der Waals surface area contributed by atoms with E-state index in [1.807, 2.05) is 12.2 Å². The molecule has 2 heterocycles. The monoisotopic (exact) mass is 425 g/mol. The number of carbonyl (C=O) groups excluding carboxylic acids is 2. The van der Waals surface area contributed by atoms with Crippen molar-refractivity contribution < 1.29 is 18.9 Å². The molecule has 3 aliphatic carbocycles. The van der Waals surface area contributed by atoms with E-state index in [2.05, 4.69) is 5.10 Å². The van der Waals surface area contributed by atoms with Crippen LogP contribution in [0.25, 0.3) is 11.3 Å². The minimum Gasteiger partial charge on any atom is -0.455 e. The molecule has 8 nitrogen and oxygen atoms in total. The molecule has 2 amide bonds. The maximum Gasteiger partial charge on any atom is 0.281 e. The van der Waals surface area contributed by atoms with Crippen LogP contribution in [0.3, 0.4) is 0 Å². The normalized spacial score (nSPS) is 27.3. The first-order valence-corrected chi connectivity index (χ1v) is 9.96. The fraction of sp³-hybridized carbons (Fsp3) is 0.286. The number of hydrogen-bond acceptors (Lipinski definition) is 6. The Morgan fingerprint density at radius 2 is 1.77 bits per heavy atom. The average molecular weight is 426 g/mol. The largest absolute Gasteiger partial charge is 0.455 e. The first kappa shape index (κ1) is 18.7. The zero-order chi connectivity index (χ0) is 21.0. The summed E-state index contributed by atoms with van der Waals surface area (Å²) in [5.74, 6) is -0.499. The van der Waals surface area contributed by atoms with Crippen LogP contribution in [0, 0.1) is 33.8 Å². The van der Waals surface area contributed by atoms with E-state index in [4.69, 9.17) is 16.0 Å². The molecule has 1 saturated carbocycles. The lowest BCUT2D eigenvalue weighted by Gasteiger charge is -2.37. The summed E-state index contributed by atoms with van der Waals surface area (Å²) in [6, 6.07) is 7.42. The van der Waals surface area contributed by atoms with E-state index in [0.29, 0.717) is 0 Å². The summed E-state index contributed by atoms with van der Waals surface area (Å²) in [7, 11) is 0. The first-order chi connectivity index (χ1) is 14.4. The van der Waals surface area contributed by atoms with Crippen molar-refractivity contribution >= 4 is 35.3 Å². The van der Waals surface area contributed by atoms with Crippen LogP contribution >= 0.6 is 11.6 Å². The molecule has 2 fully saturated rings. The Balaban J connectivity index is 1.40. The van der Waals surface area contributed by atoms with Gasteiger partial charge in [-0.25, -0.2) is 0 Å². The Bertz CT molecular complexity index is 1110. The molecule has 0 spiro atoms. The van der Waals surface area contributed by atoms with Crippen LogP contribution in [-0.2, 0) is 9.59 Å². The predicted molar refractivity (Wildman–Crippen MR) is 108 cm³/mol. The smallest absolute Gasteiger partial charge is 0.281 e. The second kappa shape index (κ2) is 6.91. The number of nitrogens with zero attached hydrogens (tertiary/aromatic N) is 3. The third-order valence-electron chi connectivity index (χ3n) is 6.09. The molecular formula is C21H16ClN3O5. The summed E-state index contributed by atoms with van der Waals surface area (Å²) in [5.41, 5.74) is 0.0864. The third-order valence-corrected chi connectivity index (χ3v) is 6.32. The van der Waals surface area contributed by atoms with Gasteiger partial charge in [0.2, 0.25) is 0 Å². The molecule has 152 valence electrons. The number of benzene rings is 1. The van der Waals surface area contributed by atoms with Gasteiger partial charge in [-0.3, -0.25) is 19.7 Å². The van der Waals surface area contributed by atoms with Crippen molar-refractivity contribution in [3.05, 3.63) is 63.4 Å². The molecule has 1 aromatic carbocycles. The number of hydrogen-bond donors (Lipinski definition) is 0. The second-order valence-electron chi connectivity index (χ2n) is 7.69. The van der Waals surface area contributed by atoms with Crippen molar-refractivity contribution in [3.63, 3.8) is 0 Å². The van der Waals surface area contributed by atoms with Crippen LogP contribution in [0.1, 0.15) is 18.6 Å². The van der Waals surface area contributed by atoms with Gasteiger partial charge in [0.15, 0.2) is 0 Å². The van der Waals surface area contributed by atoms with Crippen LogP contribution in [-0.4, -0.2) is 28.0 Å². The van der Waals surface area contributed by atoms with Gasteiger partial charge >= 0.3 is 0 Å². The number of amides is 2. The summed E-state index contributed by atoms with van der Waals surface area (Å²) in [6.45, 7) is 0. The molecule has 6 rings (SSSR count). The molecule has 1 aliphatic heterocycles. The maximum atomic E-state index is 12.8. The van der Waals surface area contributed by atoms with Gasteiger partial charge in [0, 0.05) is 11.1 Å². The lowest BCUT2D eigenvalue weighted by molar-refractivity contribution is -0.384. The maximum absolute atomic E-state index is 12.8. The molecule has 0 unspecified atom stereocenters. The topological polar surface area (TPSA) is 106 Å². The Kier molecular flexibility index (Phi) is 4.32. The predicted octanol–water partition coefficient (Wildman–Crippen LogP) is 4.04. The van der Waals surface area contributed by atoms with E-state index in [1.165, 1.54) is 24.4 Å². The Labute approximate surface area is 175 Å². The molecule has 0 radical (unpaired) electrons. The second-order valence-corrected chi connectivity index (χ2v) is 8.13. The molecule has 9 heteroatoms. The summed E-state index contributed by atoms with van der Waals surface area (Å²) in [4.78, 5) is 36.3. The van der Waals surface area contributed by atoms with Crippen LogP contribution in [0.5, 0.6) is 0 Å². The van der Waals surface area contributed by atoms with Gasteiger partial charge in [0.1, 0.15) is 11.5 Å². The van der Waals surface area contributed by atoms with Crippen molar-refractivity contribution in [2.45, 2.75) is 12.8 Å². The number of rotatable bonds is 4. The van der Waals surface area contributed by atoms with E-state index in [0.717, 1.165) is 17.9 Å². The van der Waals surface area contributed by atoms with Gasteiger partial charge in [-0.05, 0) is 48.9 Å². The molecule has 4 atom stereocenters. The van der Waals surface area contributed by atoms with Crippen molar-refractivity contribution in [2.75, 3.05) is 0 Å². The summed E-state index contributed by atoms with van der Waals surface area (Å²) in [5, 5.41) is 16.6. The molecule has 2 bridgehead atoms. The lowest BCUT2D eigenvalue weighted by atomic mass is 9.63. The number of nitro benzene ring substituents is 1. The highest BCUT2D eigenvalue weighted by atomic mass is 35.5. The van der Waals surface area contributed by atoms with Gasteiger partial charge in [-0.1, -0.05) is 23.8 Å². The zero-order valence-electron chi connectivity index (χ0n) is 15.6. The fourth-order valence-corrected chi connectivity index (χ4v) is 4.88. The minimum absolute atomic E-state index is 0.0947. The number of hydrazone groups is 1. The number of allylic oxidation sites excluding steroid dienone is 2. The van der Waals surface area contributed by atoms with Crippen molar-refractivity contribution in [1.82, 2.24) is 5.01 Å². The van der Waals surface area contributed by atoms with Crippen molar-refractivity contribution in [1.29, 1.82) is 0 Å². The molecular weight excluding hydrogens is 410 g/mol. The molecule has 1 aromatic heterocycles. The lowest BCUT2D eigenvalue weighted by Crippen LogP contribution is -2.38. The van der Waals surface area contributed by atoms with E-state index >= 15 is 0 Å². The molecule has 0 N–H and O–H groups in total. The highest BCUT2D eigenvalue weighted by Gasteiger charge is 2.56. The Morgan fingerprint density at radius 3 is 2.37 bits per heavy atom. The van der Waals surface area contributed by atoms with Gasteiger partial charge in [0.05, 0.1) is 28.5 Å². The number of furan rings is 1. The quantitative estimate of drug-likeness (QED) is 0.241. The van der Waals surface area contributed by atoms with Crippen LogP contribution < -0.4 is 0 Å². The summed E-state index contributed by atoms with van der Waals surface area (Å²) >= 11 is 5.85. The third kappa shape index (κ3) is 2.87. The minimum atomic E-state index is -0.539. The van der Waals surface area contributed by atoms with E-state index in [-0.39, 0.29) is 63.3 Å².